The highest BCUT2D eigenvalue weighted by atomic mass is 16.3. The van der Waals surface area contributed by atoms with Crippen molar-refractivity contribution in [3.05, 3.63) is 46.5 Å². The number of carbonyl (C=O) groups is 1. The van der Waals surface area contributed by atoms with Gasteiger partial charge in [-0.05, 0) is 37.8 Å². The Labute approximate surface area is 136 Å². The molecule has 5 heteroatoms. The standard InChI is InChI=1S/C18H23N3O2/c1-12-3-4-14(13(2)9-12)10-16(23)7-8-17-19-20-18(11-22)21(17)15-5-6-15/h3-4,9,15,22H,5-8,10-11H2,1-2H3. The number of aromatic nitrogens is 3. The van der Waals surface area contributed by atoms with Crippen molar-refractivity contribution in [3.63, 3.8) is 0 Å². The number of aryl methyl sites for hydroxylation is 3. The van der Waals surface area contributed by atoms with E-state index in [0.717, 1.165) is 24.2 Å². The van der Waals surface area contributed by atoms with E-state index in [0.29, 0.717) is 31.1 Å². The Balaban J connectivity index is 1.62. The zero-order chi connectivity index (χ0) is 16.4. The summed E-state index contributed by atoms with van der Waals surface area (Å²) in [6.07, 6.45) is 3.73. The Hall–Kier alpha value is -2.01. The lowest BCUT2D eigenvalue weighted by Gasteiger charge is -2.08. The molecule has 2 aromatic rings. The number of hydrogen-bond donors (Lipinski definition) is 1. The molecule has 0 bridgehead atoms. The quantitative estimate of drug-likeness (QED) is 0.852. The van der Waals surface area contributed by atoms with Gasteiger partial charge in [-0.3, -0.25) is 4.79 Å². The minimum Gasteiger partial charge on any atom is -0.388 e. The zero-order valence-corrected chi connectivity index (χ0v) is 13.7. The van der Waals surface area contributed by atoms with Gasteiger partial charge in [-0.1, -0.05) is 23.8 Å². The van der Waals surface area contributed by atoms with Crippen molar-refractivity contribution in [1.29, 1.82) is 0 Å². The van der Waals surface area contributed by atoms with E-state index in [9.17, 15) is 9.90 Å². The van der Waals surface area contributed by atoms with Crippen molar-refractivity contribution in [2.75, 3.05) is 0 Å². The first-order valence-electron chi connectivity index (χ1n) is 8.20. The van der Waals surface area contributed by atoms with Gasteiger partial charge < -0.3 is 9.67 Å². The summed E-state index contributed by atoms with van der Waals surface area (Å²) in [5.41, 5.74) is 3.48. The number of aliphatic hydroxyl groups is 1. The Kier molecular flexibility index (Phi) is 4.57. The lowest BCUT2D eigenvalue weighted by Crippen LogP contribution is -2.10. The monoisotopic (exact) mass is 313 g/mol. The summed E-state index contributed by atoms with van der Waals surface area (Å²) in [6, 6.07) is 6.61. The number of aliphatic hydroxyl groups excluding tert-OH is 1. The molecule has 0 unspecified atom stereocenters. The van der Waals surface area contributed by atoms with Crippen LogP contribution in [0, 0.1) is 13.8 Å². The van der Waals surface area contributed by atoms with Crippen LogP contribution in [-0.2, 0) is 24.2 Å². The smallest absolute Gasteiger partial charge is 0.159 e. The second-order valence-corrected chi connectivity index (χ2v) is 6.44. The third-order valence-electron chi connectivity index (χ3n) is 4.40. The number of Topliss-reactive ketones (excluding diaryl/α,β-unsaturated/α-hetero) is 1. The summed E-state index contributed by atoms with van der Waals surface area (Å²) in [6.45, 7) is 4.01. The van der Waals surface area contributed by atoms with Gasteiger partial charge in [-0.15, -0.1) is 10.2 Å². The summed E-state index contributed by atoms with van der Waals surface area (Å²) in [7, 11) is 0. The molecule has 1 fully saturated rings. The first-order chi connectivity index (χ1) is 11.1. The van der Waals surface area contributed by atoms with Crippen LogP contribution < -0.4 is 0 Å². The van der Waals surface area contributed by atoms with Crippen LogP contribution in [0.3, 0.4) is 0 Å². The largest absolute Gasteiger partial charge is 0.388 e. The first kappa shape index (κ1) is 15.9. The summed E-state index contributed by atoms with van der Waals surface area (Å²) < 4.78 is 2.02. The predicted octanol–water partition coefficient (Wildman–Crippen LogP) is 2.47. The highest BCUT2D eigenvalue weighted by Crippen LogP contribution is 2.36. The lowest BCUT2D eigenvalue weighted by atomic mass is 9.99. The molecule has 1 aromatic heterocycles. The van der Waals surface area contributed by atoms with Crippen LogP contribution in [0.4, 0.5) is 0 Å². The van der Waals surface area contributed by atoms with E-state index >= 15 is 0 Å². The zero-order valence-electron chi connectivity index (χ0n) is 13.7. The lowest BCUT2D eigenvalue weighted by molar-refractivity contribution is -0.118. The summed E-state index contributed by atoms with van der Waals surface area (Å²) in [4.78, 5) is 12.3. The Morgan fingerprint density at radius 2 is 2.00 bits per heavy atom. The molecule has 3 rings (SSSR count). The van der Waals surface area contributed by atoms with Crippen molar-refractivity contribution in [2.45, 2.75) is 58.6 Å². The molecule has 23 heavy (non-hydrogen) atoms. The van der Waals surface area contributed by atoms with Crippen molar-refractivity contribution < 1.29 is 9.90 Å². The van der Waals surface area contributed by atoms with Gasteiger partial charge in [0.2, 0.25) is 0 Å². The third-order valence-corrected chi connectivity index (χ3v) is 4.40. The topological polar surface area (TPSA) is 68.0 Å². The van der Waals surface area contributed by atoms with Crippen molar-refractivity contribution in [2.24, 2.45) is 0 Å². The average molecular weight is 313 g/mol. The van der Waals surface area contributed by atoms with E-state index in [4.69, 9.17) is 0 Å². The Morgan fingerprint density at radius 3 is 2.65 bits per heavy atom. The van der Waals surface area contributed by atoms with Gasteiger partial charge >= 0.3 is 0 Å². The molecule has 0 radical (unpaired) electrons. The first-order valence-corrected chi connectivity index (χ1v) is 8.20. The van der Waals surface area contributed by atoms with E-state index in [2.05, 4.69) is 23.2 Å². The van der Waals surface area contributed by atoms with Gasteiger partial charge in [0.1, 0.15) is 18.2 Å². The molecular weight excluding hydrogens is 290 g/mol. The van der Waals surface area contributed by atoms with Gasteiger partial charge in [0.15, 0.2) is 5.82 Å². The van der Waals surface area contributed by atoms with Crippen LogP contribution in [0.25, 0.3) is 0 Å². The summed E-state index contributed by atoms with van der Waals surface area (Å²) in [5, 5.41) is 17.5. The molecule has 1 N–H and O–H groups in total. The minimum atomic E-state index is -0.0972. The molecule has 0 aliphatic heterocycles. The van der Waals surface area contributed by atoms with Gasteiger partial charge in [-0.25, -0.2) is 0 Å². The number of carbonyl (C=O) groups excluding carboxylic acids is 1. The number of ketones is 1. The fraction of sp³-hybridized carbons (Fsp3) is 0.500. The van der Waals surface area contributed by atoms with Crippen LogP contribution in [0.2, 0.25) is 0 Å². The molecule has 1 aromatic carbocycles. The molecule has 0 spiro atoms. The molecule has 122 valence electrons. The Morgan fingerprint density at radius 1 is 1.26 bits per heavy atom. The summed E-state index contributed by atoms with van der Waals surface area (Å²) >= 11 is 0. The molecule has 0 atom stereocenters. The maximum absolute atomic E-state index is 12.3. The molecule has 5 nitrogen and oxygen atoms in total. The SMILES string of the molecule is Cc1ccc(CC(=O)CCc2nnc(CO)n2C2CC2)c(C)c1. The van der Waals surface area contributed by atoms with Crippen LogP contribution in [0.15, 0.2) is 18.2 Å². The van der Waals surface area contributed by atoms with Gasteiger partial charge in [0.05, 0.1) is 0 Å². The number of nitrogens with zero attached hydrogens (tertiary/aromatic N) is 3. The molecule has 0 amide bonds. The average Bonchev–Trinajstić information content (AvgIpc) is 3.28. The van der Waals surface area contributed by atoms with Crippen molar-refractivity contribution >= 4 is 5.78 Å². The molecule has 1 heterocycles. The molecule has 1 saturated carbocycles. The van der Waals surface area contributed by atoms with Crippen LogP contribution in [-0.4, -0.2) is 25.7 Å². The fourth-order valence-corrected chi connectivity index (χ4v) is 2.99. The molecule has 0 saturated heterocycles. The van der Waals surface area contributed by atoms with Crippen LogP contribution in [0.5, 0.6) is 0 Å². The van der Waals surface area contributed by atoms with E-state index in [1.54, 1.807) is 0 Å². The predicted molar refractivity (Wildman–Crippen MR) is 87.2 cm³/mol. The summed E-state index contributed by atoms with van der Waals surface area (Å²) in [5.74, 6) is 1.66. The van der Waals surface area contributed by atoms with Crippen LogP contribution >= 0.6 is 0 Å². The highest BCUT2D eigenvalue weighted by Gasteiger charge is 2.29. The second-order valence-electron chi connectivity index (χ2n) is 6.44. The van der Waals surface area contributed by atoms with Gasteiger partial charge in [-0.2, -0.15) is 0 Å². The maximum atomic E-state index is 12.3. The normalized spacial score (nSPS) is 14.2. The highest BCUT2D eigenvalue weighted by molar-refractivity contribution is 5.81. The Bertz CT molecular complexity index is 717. The fourth-order valence-electron chi connectivity index (χ4n) is 2.99. The third kappa shape index (κ3) is 3.67. The van der Waals surface area contributed by atoms with E-state index in [1.807, 2.05) is 23.6 Å². The molecular formula is C18H23N3O2. The van der Waals surface area contributed by atoms with Gasteiger partial charge in [0.25, 0.3) is 0 Å². The second kappa shape index (κ2) is 6.62. The molecule has 1 aliphatic carbocycles. The van der Waals surface area contributed by atoms with Crippen molar-refractivity contribution in [1.82, 2.24) is 14.8 Å². The molecule has 1 aliphatic rings. The number of hydrogen-bond acceptors (Lipinski definition) is 4. The van der Waals surface area contributed by atoms with Gasteiger partial charge in [0, 0.05) is 25.3 Å². The van der Waals surface area contributed by atoms with E-state index < -0.39 is 0 Å². The number of rotatable bonds is 7. The minimum absolute atomic E-state index is 0.0972. The maximum Gasteiger partial charge on any atom is 0.159 e. The van der Waals surface area contributed by atoms with E-state index in [1.165, 1.54) is 11.1 Å². The van der Waals surface area contributed by atoms with Crippen molar-refractivity contribution in [3.8, 4) is 0 Å². The van der Waals surface area contributed by atoms with Crippen LogP contribution in [0.1, 0.15) is 53.6 Å². The van der Waals surface area contributed by atoms with E-state index in [-0.39, 0.29) is 12.4 Å². The number of benzene rings is 1.